The molecule has 0 radical (unpaired) electrons. The Bertz CT molecular complexity index is 1600. The number of nitrogens with zero attached hydrogens (tertiary/aromatic N) is 6. The monoisotopic (exact) mass is 489 g/mol. The van der Waals surface area contributed by atoms with Gasteiger partial charge in [0.2, 0.25) is 5.95 Å². The van der Waals surface area contributed by atoms with Crippen molar-refractivity contribution in [2.75, 3.05) is 31.1 Å². The minimum absolute atomic E-state index is 0.152. The molecule has 1 saturated heterocycles. The molecule has 9 nitrogen and oxygen atoms in total. The number of H-pyrrole nitrogens is 1. The van der Waals surface area contributed by atoms with Crippen LogP contribution in [0.1, 0.15) is 21.7 Å². The summed E-state index contributed by atoms with van der Waals surface area (Å²) in [6.07, 6.45) is 1.68. The van der Waals surface area contributed by atoms with Crippen molar-refractivity contribution in [2.24, 2.45) is 0 Å². The first-order valence-corrected chi connectivity index (χ1v) is 12.0. The number of carbonyl (C=O) groups is 1. The van der Waals surface area contributed by atoms with E-state index in [4.69, 9.17) is 4.52 Å². The van der Waals surface area contributed by atoms with Gasteiger partial charge in [0, 0.05) is 49.6 Å². The van der Waals surface area contributed by atoms with Crippen molar-refractivity contribution >= 4 is 22.9 Å². The average molecular weight is 490 g/mol. The number of hydrogen-bond acceptors (Lipinski definition) is 7. The van der Waals surface area contributed by atoms with Crippen LogP contribution in [-0.2, 0) is 0 Å². The van der Waals surface area contributed by atoms with E-state index in [1.807, 2.05) is 61.5 Å². The fourth-order valence-electron chi connectivity index (χ4n) is 4.58. The Kier molecular flexibility index (Phi) is 5.62. The first kappa shape index (κ1) is 22.5. The van der Waals surface area contributed by atoms with Crippen LogP contribution in [0.3, 0.4) is 0 Å². The molecule has 37 heavy (non-hydrogen) atoms. The smallest absolute Gasteiger partial charge is 0.276 e. The van der Waals surface area contributed by atoms with Crippen molar-refractivity contribution in [3.8, 4) is 28.5 Å². The van der Waals surface area contributed by atoms with Gasteiger partial charge in [-0.2, -0.15) is 5.26 Å². The van der Waals surface area contributed by atoms with Gasteiger partial charge >= 0.3 is 0 Å². The van der Waals surface area contributed by atoms with Crippen LogP contribution in [0.2, 0.25) is 0 Å². The maximum atomic E-state index is 13.1. The van der Waals surface area contributed by atoms with E-state index in [9.17, 15) is 10.1 Å². The number of nitriles is 1. The summed E-state index contributed by atoms with van der Waals surface area (Å²) in [6, 6.07) is 21.3. The number of piperazine rings is 1. The zero-order chi connectivity index (χ0) is 25.4. The molecule has 0 atom stereocenters. The van der Waals surface area contributed by atoms with E-state index < -0.39 is 0 Å². The quantitative estimate of drug-likeness (QED) is 0.397. The maximum Gasteiger partial charge on any atom is 0.276 e. The number of pyridine rings is 1. The van der Waals surface area contributed by atoms with Gasteiger partial charge in [-0.15, -0.1) is 0 Å². The van der Waals surface area contributed by atoms with Crippen LogP contribution in [0.4, 0.5) is 5.95 Å². The highest BCUT2D eigenvalue weighted by Gasteiger charge is 2.26. The van der Waals surface area contributed by atoms with Gasteiger partial charge in [-0.25, -0.2) is 9.97 Å². The lowest BCUT2D eigenvalue weighted by Crippen LogP contribution is -2.49. The fraction of sp³-hybridized carbons (Fsp3) is 0.179. The highest BCUT2D eigenvalue weighted by molar-refractivity contribution is 5.93. The summed E-state index contributed by atoms with van der Waals surface area (Å²) in [6.45, 7) is 4.43. The SMILES string of the molecule is Cc1cnc(C#N)c(-c2ccc(-c3cc(C(=O)N4CCN(c5nc6ccccc6[nH]5)CC4)no3)cc2)c1. The third-order valence-corrected chi connectivity index (χ3v) is 6.58. The standard InChI is InChI=1S/C28H23N7O2/c1-18-14-21(25(16-29)30-17-18)19-6-8-20(9-7-19)26-15-24(33-37-26)27(36)34-10-12-35(13-11-34)28-31-22-4-2-3-5-23(22)32-28/h2-9,14-15,17H,10-13H2,1H3,(H,31,32). The number of para-hydroxylation sites is 2. The van der Waals surface area contributed by atoms with Crippen LogP contribution in [0.15, 0.2) is 71.4 Å². The predicted octanol–water partition coefficient (Wildman–Crippen LogP) is 4.42. The molecule has 2 aromatic carbocycles. The molecule has 5 aromatic rings. The summed E-state index contributed by atoms with van der Waals surface area (Å²) < 4.78 is 5.51. The Morgan fingerprint density at radius 2 is 1.78 bits per heavy atom. The summed E-state index contributed by atoms with van der Waals surface area (Å²) in [5.41, 5.74) is 6.04. The van der Waals surface area contributed by atoms with Gasteiger partial charge in [0.1, 0.15) is 11.8 Å². The van der Waals surface area contributed by atoms with Crippen molar-refractivity contribution in [3.05, 3.63) is 83.8 Å². The topological polar surface area (TPSA) is 115 Å². The van der Waals surface area contributed by atoms with Crippen molar-refractivity contribution < 1.29 is 9.32 Å². The molecule has 3 aromatic heterocycles. The number of rotatable bonds is 4. The van der Waals surface area contributed by atoms with E-state index in [-0.39, 0.29) is 11.6 Å². The molecule has 1 N–H and O–H groups in total. The van der Waals surface area contributed by atoms with Crippen LogP contribution in [-0.4, -0.2) is 57.1 Å². The van der Waals surface area contributed by atoms with E-state index in [1.165, 1.54) is 0 Å². The molecule has 0 saturated carbocycles. The lowest BCUT2D eigenvalue weighted by molar-refractivity contribution is 0.0736. The Labute approximate surface area is 213 Å². The molecular formula is C28H23N7O2. The van der Waals surface area contributed by atoms with Crippen LogP contribution in [0.25, 0.3) is 33.5 Å². The van der Waals surface area contributed by atoms with Crippen LogP contribution < -0.4 is 4.90 Å². The average Bonchev–Trinajstić information content (AvgIpc) is 3.61. The Morgan fingerprint density at radius 3 is 2.54 bits per heavy atom. The predicted molar refractivity (Wildman–Crippen MR) is 139 cm³/mol. The third kappa shape index (κ3) is 4.29. The molecule has 4 heterocycles. The molecule has 0 aliphatic carbocycles. The van der Waals surface area contributed by atoms with Gasteiger partial charge in [0.15, 0.2) is 11.5 Å². The van der Waals surface area contributed by atoms with E-state index in [1.54, 1.807) is 17.2 Å². The molecule has 0 spiro atoms. The zero-order valence-electron chi connectivity index (χ0n) is 20.2. The first-order chi connectivity index (χ1) is 18.1. The molecule has 1 amide bonds. The van der Waals surface area contributed by atoms with Crippen molar-refractivity contribution in [1.29, 1.82) is 5.26 Å². The van der Waals surface area contributed by atoms with Gasteiger partial charge in [0.05, 0.1) is 11.0 Å². The van der Waals surface area contributed by atoms with Gasteiger partial charge < -0.3 is 19.3 Å². The minimum atomic E-state index is -0.152. The molecule has 1 aliphatic rings. The molecule has 1 aliphatic heterocycles. The number of aromatic nitrogens is 4. The summed E-state index contributed by atoms with van der Waals surface area (Å²) in [4.78, 5) is 29.3. The second kappa shape index (κ2) is 9.24. The zero-order valence-corrected chi connectivity index (χ0v) is 20.2. The number of fused-ring (bicyclic) bond motifs is 1. The van der Waals surface area contributed by atoms with E-state index in [0.717, 1.165) is 39.2 Å². The number of imidazole rings is 1. The number of nitrogens with one attached hydrogen (secondary N) is 1. The lowest BCUT2D eigenvalue weighted by atomic mass is 10.0. The van der Waals surface area contributed by atoms with Crippen LogP contribution in [0, 0.1) is 18.3 Å². The van der Waals surface area contributed by atoms with Gasteiger partial charge in [-0.1, -0.05) is 41.6 Å². The summed E-state index contributed by atoms with van der Waals surface area (Å²) >= 11 is 0. The van der Waals surface area contributed by atoms with Crippen molar-refractivity contribution in [1.82, 2.24) is 25.0 Å². The third-order valence-electron chi connectivity index (χ3n) is 6.58. The molecule has 9 heteroatoms. The Morgan fingerprint density at radius 1 is 1.03 bits per heavy atom. The summed E-state index contributed by atoms with van der Waals surface area (Å²) in [7, 11) is 0. The van der Waals surface area contributed by atoms with Crippen molar-refractivity contribution in [2.45, 2.75) is 6.92 Å². The van der Waals surface area contributed by atoms with Crippen molar-refractivity contribution in [3.63, 3.8) is 0 Å². The fourth-order valence-corrected chi connectivity index (χ4v) is 4.58. The maximum absolute atomic E-state index is 13.1. The Hall–Kier alpha value is -4.97. The minimum Gasteiger partial charge on any atom is -0.355 e. The van der Waals surface area contributed by atoms with E-state index in [0.29, 0.717) is 37.6 Å². The number of anilines is 1. The normalized spacial score (nSPS) is 13.6. The second-order valence-electron chi connectivity index (χ2n) is 9.03. The van der Waals surface area contributed by atoms with Crippen LogP contribution in [0.5, 0.6) is 0 Å². The van der Waals surface area contributed by atoms with E-state index >= 15 is 0 Å². The van der Waals surface area contributed by atoms with Crippen LogP contribution >= 0.6 is 0 Å². The lowest BCUT2D eigenvalue weighted by Gasteiger charge is -2.34. The first-order valence-electron chi connectivity index (χ1n) is 12.0. The largest absolute Gasteiger partial charge is 0.355 e. The van der Waals surface area contributed by atoms with Gasteiger partial charge in [-0.05, 0) is 36.2 Å². The Balaban J connectivity index is 1.13. The highest BCUT2D eigenvalue weighted by Crippen LogP contribution is 2.28. The number of carbonyl (C=O) groups excluding carboxylic acids is 1. The molecule has 0 bridgehead atoms. The number of benzene rings is 2. The molecule has 1 fully saturated rings. The number of amides is 1. The number of aromatic amines is 1. The molecule has 6 rings (SSSR count). The van der Waals surface area contributed by atoms with Gasteiger partial charge in [-0.3, -0.25) is 4.79 Å². The summed E-state index contributed by atoms with van der Waals surface area (Å²) in [5.74, 6) is 1.18. The van der Waals surface area contributed by atoms with E-state index in [2.05, 4.69) is 31.1 Å². The number of aryl methyl sites for hydroxylation is 1. The summed E-state index contributed by atoms with van der Waals surface area (Å²) in [5, 5.41) is 13.4. The highest BCUT2D eigenvalue weighted by atomic mass is 16.5. The molecular weight excluding hydrogens is 466 g/mol. The number of hydrogen-bond donors (Lipinski definition) is 1. The molecule has 0 unspecified atom stereocenters. The molecule has 182 valence electrons. The second-order valence-corrected chi connectivity index (χ2v) is 9.03. The van der Waals surface area contributed by atoms with Gasteiger partial charge in [0.25, 0.3) is 5.91 Å².